The van der Waals surface area contributed by atoms with Gasteiger partial charge in [-0.15, -0.1) is 0 Å². The molecule has 1 aromatic heterocycles. The van der Waals surface area contributed by atoms with Gasteiger partial charge in [0.2, 0.25) is 0 Å². The molecular formula is C24H21BrFN3O2. The summed E-state index contributed by atoms with van der Waals surface area (Å²) < 4.78 is 14.9. The number of benzene rings is 2. The Morgan fingerprint density at radius 2 is 1.52 bits per heavy atom. The highest BCUT2D eigenvalue weighted by Gasteiger charge is 2.27. The summed E-state index contributed by atoms with van der Waals surface area (Å²) in [6.45, 7) is 3.34. The van der Waals surface area contributed by atoms with E-state index in [9.17, 15) is 14.0 Å². The zero-order valence-electron chi connectivity index (χ0n) is 17.0. The van der Waals surface area contributed by atoms with Crippen molar-refractivity contribution in [2.75, 3.05) is 26.2 Å². The number of hydrogen-bond donors (Lipinski definition) is 0. The number of piperazine rings is 1. The van der Waals surface area contributed by atoms with Crippen LogP contribution >= 0.6 is 15.9 Å². The molecule has 7 heteroatoms. The Morgan fingerprint density at radius 3 is 2.13 bits per heavy atom. The summed E-state index contributed by atoms with van der Waals surface area (Å²) in [5, 5.41) is 0. The van der Waals surface area contributed by atoms with Gasteiger partial charge in [-0.25, -0.2) is 4.39 Å². The van der Waals surface area contributed by atoms with Gasteiger partial charge >= 0.3 is 0 Å². The second-order valence-electron chi connectivity index (χ2n) is 7.40. The van der Waals surface area contributed by atoms with Crippen LogP contribution < -0.4 is 0 Å². The van der Waals surface area contributed by atoms with Crippen LogP contribution in [0.4, 0.5) is 4.39 Å². The number of carbonyl (C=O) groups excluding carboxylic acids is 2. The van der Waals surface area contributed by atoms with Crippen LogP contribution in [0.5, 0.6) is 0 Å². The lowest BCUT2D eigenvalue weighted by atomic mass is 10.1. The topological polar surface area (TPSA) is 53.5 Å². The molecule has 0 N–H and O–H groups in total. The number of amides is 2. The molecule has 31 heavy (non-hydrogen) atoms. The highest BCUT2D eigenvalue weighted by atomic mass is 79.9. The predicted molar refractivity (Wildman–Crippen MR) is 120 cm³/mol. The van der Waals surface area contributed by atoms with Crippen LogP contribution in [-0.4, -0.2) is 52.8 Å². The highest BCUT2D eigenvalue weighted by Crippen LogP contribution is 2.23. The molecule has 0 aliphatic carbocycles. The Hall–Kier alpha value is -3.06. The molecule has 3 aromatic rings. The molecule has 158 valence electrons. The molecular weight excluding hydrogens is 461 g/mol. The number of aryl methyl sites for hydroxylation is 1. The van der Waals surface area contributed by atoms with Crippen LogP contribution in [0.15, 0.2) is 65.1 Å². The third-order valence-electron chi connectivity index (χ3n) is 5.39. The molecule has 1 aliphatic heterocycles. The van der Waals surface area contributed by atoms with E-state index in [1.165, 1.54) is 12.1 Å². The number of nitrogens with zero attached hydrogens (tertiary/aromatic N) is 3. The van der Waals surface area contributed by atoms with Crippen molar-refractivity contribution in [1.29, 1.82) is 0 Å². The van der Waals surface area contributed by atoms with Gasteiger partial charge in [-0.2, -0.15) is 0 Å². The van der Waals surface area contributed by atoms with Crippen molar-refractivity contribution in [2.45, 2.75) is 6.92 Å². The molecule has 2 amide bonds. The van der Waals surface area contributed by atoms with Crippen LogP contribution in [0.1, 0.15) is 26.4 Å². The van der Waals surface area contributed by atoms with Crippen LogP contribution in [0.3, 0.4) is 0 Å². The molecule has 5 nitrogen and oxygen atoms in total. The Bertz CT molecular complexity index is 1140. The van der Waals surface area contributed by atoms with Gasteiger partial charge in [0.05, 0.1) is 22.5 Å². The van der Waals surface area contributed by atoms with E-state index in [-0.39, 0.29) is 17.4 Å². The van der Waals surface area contributed by atoms with Gasteiger partial charge in [-0.1, -0.05) is 40.2 Å². The maximum Gasteiger partial charge on any atom is 0.256 e. The number of carbonyl (C=O) groups is 2. The van der Waals surface area contributed by atoms with Crippen LogP contribution in [0, 0.1) is 12.7 Å². The molecule has 2 heterocycles. The summed E-state index contributed by atoms with van der Waals surface area (Å²) >= 11 is 3.46. The Kier molecular flexibility index (Phi) is 6.13. The minimum Gasteiger partial charge on any atom is -0.335 e. The summed E-state index contributed by atoms with van der Waals surface area (Å²) in [7, 11) is 0. The van der Waals surface area contributed by atoms with Crippen LogP contribution in [-0.2, 0) is 0 Å². The molecule has 1 fully saturated rings. The molecule has 0 atom stereocenters. The maximum atomic E-state index is 13.9. The van der Waals surface area contributed by atoms with E-state index in [1.54, 1.807) is 28.0 Å². The fourth-order valence-corrected chi connectivity index (χ4v) is 4.08. The van der Waals surface area contributed by atoms with Crippen LogP contribution in [0.2, 0.25) is 0 Å². The zero-order chi connectivity index (χ0) is 22.0. The first kappa shape index (κ1) is 21.2. The van der Waals surface area contributed by atoms with Crippen molar-refractivity contribution in [3.8, 4) is 11.3 Å². The van der Waals surface area contributed by atoms with E-state index < -0.39 is 5.82 Å². The molecule has 0 unspecified atom stereocenters. The average Bonchev–Trinajstić information content (AvgIpc) is 2.78. The van der Waals surface area contributed by atoms with E-state index in [1.807, 2.05) is 37.3 Å². The van der Waals surface area contributed by atoms with E-state index in [4.69, 9.17) is 0 Å². The lowest BCUT2D eigenvalue weighted by Gasteiger charge is -2.35. The minimum atomic E-state index is -0.529. The fraction of sp³-hybridized carbons (Fsp3) is 0.208. The normalized spacial score (nSPS) is 13.9. The zero-order valence-corrected chi connectivity index (χ0v) is 18.6. The number of rotatable bonds is 3. The first-order valence-corrected chi connectivity index (χ1v) is 10.8. The van der Waals surface area contributed by atoms with Crippen molar-refractivity contribution in [1.82, 2.24) is 14.8 Å². The summed E-state index contributed by atoms with van der Waals surface area (Å²) in [5.74, 6) is -0.983. The Labute approximate surface area is 188 Å². The van der Waals surface area contributed by atoms with Crippen molar-refractivity contribution in [2.24, 2.45) is 0 Å². The number of hydrogen-bond acceptors (Lipinski definition) is 3. The van der Waals surface area contributed by atoms with Gasteiger partial charge in [0, 0.05) is 36.2 Å². The standard InChI is InChI=1S/C24H21BrFN3O2/c1-16-19(9-10-22(27-16)17-5-4-6-18(25)15-17)23(30)28-11-13-29(14-12-28)24(31)20-7-2-3-8-21(20)26/h2-10,15H,11-14H2,1H3. The smallest absolute Gasteiger partial charge is 0.256 e. The number of aromatic nitrogens is 1. The largest absolute Gasteiger partial charge is 0.335 e. The van der Waals surface area contributed by atoms with Crippen molar-refractivity contribution < 1.29 is 14.0 Å². The predicted octanol–water partition coefficient (Wildman–Crippen LogP) is 4.56. The third-order valence-corrected chi connectivity index (χ3v) is 5.89. The van der Waals surface area contributed by atoms with E-state index >= 15 is 0 Å². The Morgan fingerprint density at radius 1 is 0.871 bits per heavy atom. The molecule has 0 radical (unpaired) electrons. The molecule has 0 saturated carbocycles. The maximum absolute atomic E-state index is 13.9. The first-order valence-electron chi connectivity index (χ1n) is 10.0. The monoisotopic (exact) mass is 481 g/mol. The Balaban J connectivity index is 1.44. The summed E-state index contributed by atoms with van der Waals surface area (Å²) in [4.78, 5) is 33.5. The molecule has 2 aromatic carbocycles. The van der Waals surface area contributed by atoms with Gasteiger partial charge in [0.15, 0.2) is 0 Å². The summed E-state index contributed by atoms with van der Waals surface area (Å²) in [6, 6.07) is 17.5. The SMILES string of the molecule is Cc1nc(-c2cccc(Br)c2)ccc1C(=O)N1CCN(C(=O)c2ccccc2F)CC1. The average molecular weight is 482 g/mol. The minimum absolute atomic E-state index is 0.0606. The summed E-state index contributed by atoms with van der Waals surface area (Å²) in [5.41, 5.74) is 3.04. The van der Waals surface area contributed by atoms with Crippen molar-refractivity contribution >= 4 is 27.7 Å². The van der Waals surface area contributed by atoms with Crippen molar-refractivity contribution in [3.63, 3.8) is 0 Å². The lowest BCUT2D eigenvalue weighted by molar-refractivity contribution is 0.0532. The van der Waals surface area contributed by atoms with Crippen LogP contribution in [0.25, 0.3) is 11.3 Å². The second-order valence-corrected chi connectivity index (χ2v) is 8.32. The van der Waals surface area contributed by atoms with E-state index in [0.717, 1.165) is 15.7 Å². The second kappa shape index (κ2) is 8.98. The quantitative estimate of drug-likeness (QED) is 0.550. The number of halogens is 2. The van der Waals surface area contributed by atoms with E-state index in [2.05, 4.69) is 20.9 Å². The van der Waals surface area contributed by atoms with Gasteiger partial charge < -0.3 is 9.80 Å². The molecule has 1 aliphatic rings. The highest BCUT2D eigenvalue weighted by molar-refractivity contribution is 9.10. The third kappa shape index (κ3) is 4.51. The van der Waals surface area contributed by atoms with Gasteiger partial charge in [-0.05, 0) is 43.3 Å². The lowest BCUT2D eigenvalue weighted by Crippen LogP contribution is -2.50. The molecule has 0 spiro atoms. The van der Waals surface area contributed by atoms with Crippen molar-refractivity contribution in [3.05, 3.63) is 87.8 Å². The van der Waals surface area contributed by atoms with Gasteiger partial charge in [0.25, 0.3) is 11.8 Å². The summed E-state index contributed by atoms with van der Waals surface area (Å²) in [6.07, 6.45) is 0. The molecule has 1 saturated heterocycles. The van der Waals surface area contributed by atoms with Gasteiger partial charge in [-0.3, -0.25) is 14.6 Å². The van der Waals surface area contributed by atoms with E-state index in [0.29, 0.717) is 37.4 Å². The first-order chi connectivity index (χ1) is 14.9. The number of pyridine rings is 1. The molecule has 0 bridgehead atoms. The fourth-order valence-electron chi connectivity index (χ4n) is 3.68. The molecule has 4 rings (SSSR count). The van der Waals surface area contributed by atoms with Gasteiger partial charge in [0.1, 0.15) is 5.82 Å².